The van der Waals surface area contributed by atoms with Crippen LogP contribution < -0.4 is 9.47 Å². The predicted molar refractivity (Wildman–Crippen MR) is 136 cm³/mol. The van der Waals surface area contributed by atoms with E-state index in [-0.39, 0.29) is 11.5 Å². The van der Waals surface area contributed by atoms with E-state index < -0.39 is 24.9 Å². The van der Waals surface area contributed by atoms with Crippen molar-refractivity contribution in [2.45, 2.75) is 39.6 Å². The molecule has 0 amide bonds. The van der Waals surface area contributed by atoms with Gasteiger partial charge in [-0.3, -0.25) is 5.10 Å². The maximum absolute atomic E-state index is 12.2. The summed E-state index contributed by atoms with van der Waals surface area (Å²) in [6.45, 7) is -0.458. The Bertz CT molecular complexity index is 1340. The number of aromatic amines is 1. The number of hydrogen-bond donors (Lipinski definition) is 1. The highest BCUT2D eigenvalue weighted by atomic mass is 127. The van der Waals surface area contributed by atoms with E-state index in [2.05, 4.69) is 24.8 Å². The lowest BCUT2D eigenvalue weighted by Crippen LogP contribution is -2.27. The third-order valence-electron chi connectivity index (χ3n) is 4.10. The zero-order valence-corrected chi connectivity index (χ0v) is 22.7. The van der Waals surface area contributed by atoms with Crippen LogP contribution in [0.3, 0.4) is 0 Å². The zero-order valence-electron chi connectivity index (χ0n) is 18.4. The molecule has 0 atom stereocenters. The molecule has 0 aliphatic heterocycles. The van der Waals surface area contributed by atoms with Crippen molar-refractivity contribution in [1.82, 2.24) is 20.0 Å². The molecule has 0 spiro atoms. The maximum atomic E-state index is 12.2. The van der Waals surface area contributed by atoms with Crippen LogP contribution in [0.2, 0.25) is 0 Å². The summed E-state index contributed by atoms with van der Waals surface area (Å²) in [7, 11) is 0. The molecule has 1 N–H and O–H groups in total. The number of rotatable bonds is 4. The monoisotopic (exact) mass is 720 g/mol. The van der Waals surface area contributed by atoms with Crippen LogP contribution in [-0.4, -0.2) is 44.9 Å². The molecule has 0 saturated carbocycles. The minimum Gasteiger partial charge on any atom is -0.442 e. The summed E-state index contributed by atoms with van der Waals surface area (Å²) in [6, 6.07) is 8.89. The lowest BCUT2D eigenvalue weighted by molar-refractivity contribution is -0.0504. The number of nitrogens with one attached hydrogen (secondary N) is 1. The Morgan fingerprint density at radius 2 is 1.54 bits per heavy atom. The van der Waals surface area contributed by atoms with Crippen molar-refractivity contribution in [2.24, 2.45) is 0 Å². The first-order valence-electron chi connectivity index (χ1n) is 9.79. The first-order chi connectivity index (χ1) is 16.3. The average Bonchev–Trinajstić information content (AvgIpc) is 3.26. The SMILES string of the molecule is CC(C)(C)OC(=O)n1nc(I)c2cc(OC(F)F)ccc21.FC(F)Oc1ccc2n[nH]c(I)c2c1. The number of aromatic nitrogens is 4. The highest BCUT2D eigenvalue weighted by Crippen LogP contribution is 2.27. The van der Waals surface area contributed by atoms with Crippen molar-refractivity contribution in [3.05, 3.63) is 43.8 Å². The van der Waals surface area contributed by atoms with Crippen LogP contribution in [0.4, 0.5) is 22.4 Å². The molecule has 14 heteroatoms. The highest BCUT2D eigenvalue weighted by Gasteiger charge is 2.22. The summed E-state index contributed by atoms with van der Waals surface area (Å²) in [4.78, 5) is 12.1. The van der Waals surface area contributed by atoms with Gasteiger partial charge in [-0.1, -0.05) is 0 Å². The molecular formula is C21H18F4I2N4O4. The number of hydrogen-bond acceptors (Lipinski definition) is 6. The number of ether oxygens (including phenoxy) is 3. The Morgan fingerprint density at radius 3 is 2.11 bits per heavy atom. The number of carbonyl (C=O) groups excluding carboxylic acids is 1. The van der Waals surface area contributed by atoms with Crippen LogP contribution in [0.5, 0.6) is 11.5 Å². The predicted octanol–water partition coefficient (Wildman–Crippen LogP) is 6.79. The zero-order chi connectivity index (χ0) is 25.9. The second-order valence-electron chi connectivity index (χ2n) is 7.84. The third-order valence-corrected chi connectivity index (χ3v) is 5.72. The molecule has 8 nitrogen and oxygen atoms in total. The number of fused-ring (bicyclic) bond motifs is 2. The topological polar surface area (TPSA) is 91.3 Å². The van der Waals surface area contributed by atoms with E-state index >= 15 is 0 Å². The van der Waals surface area contributed by atoms with Crippen molar-refractivity contribution in [1.29, 1.82) is 0 Å². The van der Waals surface area contributed by atoms with Gasteiger partial charge in [-0.05, 0) is 102 Å². The first-order valence-corrected chi connectivity index (χ1v) is 11.9. The summed E-state index contributed by atoms with van der Waals surface area (Å²) in [5, 5.41) is 12.1. The second kappa shape index (κ2) is 11.1. The normalized spacial score (nSPS) is 11.6. The molecule has 35 heavy (non-hydrogen) atoms. The fourth-order valence-electron chi connectivity index (χ4n) is 2.82. The van der Waals surface area contributed by atoms with Crippen molar-refractivity contribution < 1.29 is 36.6 Å². The maximum Gasteiger partial charge on any atom is 0.435 e. The van der Waals surface area contributed by atoms with E-state index in [4.69, 9.17) is 4.74 Å². The van der Waals surface area contributed by atoms with Gasteiger partial charge in [0.05, 0.1) is 11.0 Å². The molecule has 0 bridgehead atoms. The summed E-state index contributed by atoms with van der Waals surface area (Å²) in [6.07, 6.45) is -0.627. The van der Waals surface area contributed by atoms with Crippen LogP contribution >= 0.6 is 45.2 Å². The van der Waals surface area contributed by atoms with Crippen LogP contribution in [-0.2, 0) is 4.74 Å². The Morgan fingerprint density at radius 1 is 0.971 bits per heavy atom. The number of benzene rings is 2. The van der Waals surface area contributed by atoms with Crippen molar-refractivity contribution in [3.8, 4) is 11.5 Å². The van der Waals surface area contributed by atoms with E-state index in [1.807, 2.05) is 45.2 Å². The van der Waals surface area contributed by atoms with Gasteiger partial charge in [0, 0.05) is 10.8 Å². The molecule has 4 rings (SSSR count). The summed E-state index contributed by atoms with van der Waals surface area (Å²) in [5.74, 6) is 0.158. The van der Waals surface area contributed by atoms with Crippen molar-refractivity contribution in [3.63, 3.8) is 0 Å². The molecule has 2 aromatic heterocycles. The largest absolute Gasteiger partial charge is 0.442 e. The van der Waals surface area contributed by atoms with E-state index in [0.717, 1.165) is 19.3 Å². The molecule has 0 aliphatic carbocycles. The lowest BCUT2D eigenvalue weighted by Gasteiger charge is -2.19. The molecule has 2 heterocycles. The van der Waals surface area contributed by atoms with Crippen molar-refractivity contribution >= 4 is 73.1 Å². The van der Waals surface area contributed by atoms with Gasteiger partial charge in [-0.15, -0.1) is 0 Å². The van der Waals surface area contributed by atoms with Gasteiger partial charge >= 0.3 is 19.3 Å². The van der Waals surface area contributed by atoms with Gasteiger partial charge in [0.1, 0.15) is 24.5 Å². The Balaban J connectivity index is 0.000000211. The number of nitrogens with zero attached hydrogens (tertiary/aromatic N) is 3. The van der Waals surface area contributed by atoms with E-state index in [1.54, 1.807) is 26.8 Å². The third kappa shape index (κ3) is 7.31. The molecule has 0 radical (unpaired) electrons. The number of carbonyl (C=O) groups is 1. The fourth-order valence-corrected chi connectivity index (χ4v) is 4.02. The van der Waals surface area contributed by atoms with E-state index in [0.29, 0.717) is 14.6 Å². The Kier molecular flexibility index (Phi) is 8.66. The van der Waals surface area contributed by atoms with Gasteiger partial charge in [0.2, 0.25) is 0 Å². The summed E-state index contributed by atoms with van der Waals surface area (Å²) < 4.78 is 64.5. The van der Waals surface area contributed by atoms with Crippen LogP contribution in [0, 0.1) is 7.40 Å². The molecule has 2 aromatic carbocycles. The first kappa shape index (κ1) is 27.2. The van der Waals surface area contributed by atoms with Crippen LogP contribution in [0.1, 0.15) is 20.8 Å². The van der Waals surface area contributed by atoms with Gasteiger partial charge in [0.25, 0.3) is 0 Å². The molecular weight excluding hydrogens is 702 g/mol. The minimum atomic E-state index is -2.90. The Hall–Kier alpha value is -2.37. The molecule has 0 unspecified atom stereocenters. The summed E-state index contributed by atoms with van der Waals surface area (Å²) >= 11 is 3.96. The fraction of sp³-hybridized carbons (Fsp3) is 0.286. The average molecular weight is 720 g/mol. The van der Waals surface area contributed by atoms with Crippen molar-refractivity contribution in [2.75, 3.05) is 0 Å². The van der Waals surface area contributed by atoms with Crippen LogP contribution in [0.15, 0.2) is 36.4 Å². The lowest BCUT2D eigenvalue weighted by atomic mass is 10.2. The van der Waals surface area contributed by atoms with Crippen LogP contribution in [0.25, 0.3) is 21.8 Å². The quantitative estimate of drug-likeness (QED) is 0.185. The molecule has 0 fully saturated rings. The van der Waals surface area contributed by atoms with Gasteiger partial charge in [-0.2, -0.15) is 32.4 Å². The van der Waals surface area contributed by atoms with Gasteiger partial charge < -0.3 is 14.2 Å². The van der Waals surface area contributed by atoms with Gasteiger partial charge in [-0.25, -0.2) is 4.79 Å². The molecule has 0 aliphatic rings. The van der Waals surface area contributed by atoms with Gasteiger partial charge in [0.15, 0.2) is 0 Å². The highest BCUT2D eigenvalue weighted by molar-refractivity contribution is 14.1. The van der Waals surface area contributed by atoms with E-state index in [9.17, 15) is 22.4 Å². The smallest absolute Gasteiger partial charge is 0.435 e. The second-order valence-corrected chi connectivity index (χ2v) is 9.94. The molecule has 188 valence electrons. The Labute approximate surface area is 223 Å². The van der Waals surface area contributed by atoms with E-state index in [1.165, 1.54) is 30.3 Å². The number of H-pyrrole nitrogens is 1. The number of alkyl halides is 4. The summed E-state index contributed by atoms with van der Waals surface area (Å²) in [5.41, 5.74) is 0.547. The number of halogens is 6. The molecule has 4 aromatic rings. The minimum absolute atomic E-state index is 0.0131. The molecule has 0 saturated heterocycles. The standard InChI is InChI=1S/C13H13F2IN2O3.C8H5F2IN2O/c1-13(2,3)21-12(19)18-9-5-4-7(20-11(14)15)6-8(9)10(16)17-18;9-8(10)14-4-1-2-6-5(3-4)7(11)13-12-6/h4-6,11H,1-3H3;1-3,8H,(H,12,13).